The summed E-state index contributed by atoms with van der Waals surface area (Å²) in [6.07, 6.45) is 4.70. The molecule has 1 aliphatic carbocycles. The first-order valence-corrected chi connectivity index (χ1v) is 9.59. The molecule has 1 saturated carbocycles. The summed E-state index contributed by atoms with van der Waals surface area (Å²) in [5.74, 6) is -0.407. The van der Waals surface area contributed by atoms with E-state index in [0.29, 0.717) is 15.7 Å². The molecular weight excluding hydrogens is 347 g/mol. The van der Waals surface area contributed by atoms with E-state index < -0.39 is 15.9 Å². The molecule has 1 aromatic carbocycles. The Morgan fingerprint density at radius 1 is 1.23 bits per heavy atom. The number of anilines is 1. The third kappa shape index (κ3) is 4.84. The Morgan fingerprint density at radius 2 is 1.77 bits per heavy atom. The molecule has 0 unspecified atom stereocenters. The number of hydrogen-bond acceptors (Lipinski definition) is 3. The van der Waals surface area contributed by atoms with Gasteiger partial charge in [0.2, 0.25) is 15.9 Å². The molecule has 122 valence electrons. The Bertz CT molecular complexity index is 638. The summed E-state index contributed by atoms with van der Waals surface area (Å²) >= 11 is 11.7. The van der Waals surface area contributed by atoms with Gasteiger partial charge < -0.3 is 5.32 Å². The molecule has 8 heteroatoms. The molecule has 0 spiro atoms. The van der Waals surface area contributed by atoms with Gasteiger partial charge in [-0.2, -0.15) is 4.31 Å². The van der Waals surface area contributed by atoms with Crippen molar-refractivity contribution in [2.24, 2.45) is 0 Å². The fourth-order valence-electron chi connectivity index (χ4n) is 2.68. The van der Waals surface area contributed by atoms with Crippen molar-refractivity contribution in [1.29, 1.82) is 0 Å². The van der Waals surface area contributed by atoms with Crippen molar-refractivity contribution in [2.75, 3.05) is 18.1 Å². The molecule has 5 nitrogen and oxygen atoms in total. The molecule has 1 N–H and O–H groups in total. The van der Waals surface area contributed by atoms with Crippen molar-refractivity contribution in [3.8, 4) is 0 Å². The number of halogens is 2. The lowest BCUT2D eigenvalue weighted by Gasteiger charge is -2.25. The Labute approximate surface area is 140 Å². The molecular formula is C14H18Cl2N2O3S. The molecule has 1 fully saturated rings. The molecule has 0 bridgehead atoms. The van der Waals surface area contributed by atoms with Gasteiger partial charge in [-0.05, 0) is 31.0 Å². The van der Waals surface area contributed by atoms with Crippen LogP contribution in [0, 0.1) is 0 Å². The maximum atomic E-state index is 12.1. The minimum Gasteiger partial charge on any atom is -0.325 e. The van der Waals surface area contributed by atoms with Crippen LogP contribution in [0.25, 0.3) is 0 Å². The van der Waals surface area contributed by atoms with Gasteiger partial charge in [0, 0.05) is 21.8 Å². The Hall–Kier alpha value is -0.820. The first kappa shape index (κ1) is 17.5. The number of rotatable bonds is 5. The van der Waals surface area contributed by atoms with Crippen LogP contribution in [-0.4, -0.2) is 37.5 Å². The second-order valence-electron chi connectivity index (χ2n) is 5.45. The van der Waals surface area contributed by atoms with Crippen molar-refractivity contribution in [3.05, 3.63) is 28.2 Å². The van der Waals surface area contributed by atoms with Crippen LogP contribution in [-0.2, 0) is 14.8 Å². The standard InChI is InChI=1S/C14H18Cl2N2O3S/c1-22(20,21)18(13-4-2-3-5-13)9-14(19)17-12-7-10(15)6-11(16)8-12/h6-8,13H,2-5,9H2,1H3,(H,17,19). The Kier molecular flexibility index (Phi) is 5.71. The highest BCUT2D eigenvalue weighted by Gasteiger charge is 2.30. The smallest absolute Gasteiger partial charge is 0.239 e. The average molecular weight is 365 g/mol. The van der Waals surface area contributed by atoms with Crippen LogP contribution in [0.3, 0.4) is 0 Å². The van der Waals surface area contributed by atoms with E-state index in [-0.39, 0.29) is 12.6 Å². The number of nitrogens with zero attached hydrogens (tertiary/aromatic N) is 1. The quantitative estimate of drug-likeness (QED) is 0.872. The number of hydrogen-bond donors (Lipinski definition) is 1. The van der Waals surface area contributed by atoms with Gasteiger partial charge in [-0.15, -0.1) is 0 Å². The predicted molar refractivity (Wildman–Crippen MR) is 88.9 cm³/mol. The van der Waals surface area contributed by atoms with E-state index in [2.05, 4.69) is 5.32 Å². The lowest BCUT2D eigenvalue weighted by molar-refractivity contribution is -0.116. The number of amides is 1. The highest BCUT2D eigenvalue weighted by Crippen LogP contribution is 2.26. The van der Waals surface area contributed by atoms with Crippen molar-refractivity contribution in [3.63, 3.8) is 0 Å². The Morgan fingerprint density at radius 3 is 2.27 bits per heavy atom. The molecule has 22 heavy (non-hydrogen) atoms. The van der Waals surface area contributed by atoms with Crippen molar-refractivity contribution < 1.29 is 13.2 Å². The predicted octanol–water partition coefficient (Wildman–Crippen LogP) is 3.14. The summed E-state index contributed by atoms with van der Waals surface area (Å²) in [5, 5.41) is 3.44. The summed E-state index contributed by atoms with van der Waals surface area (Å²) in [6.45, 7) is -0.201. The van der Waals surface area contributed by atoms with Crippen LogP contribution in [0.5, 0.6) is 0 Å². The monoisotopic (exact) mass is 364 g/mol. The largest absolute Gasteiger partial charge is 0.325 e. The van der Waals surface area contributed by atoms with Gasteiger partial charge >= 0.3 is 0 Å². The first-order valence-electron chi connectivity index (χ1n) is 6.98. The molecule has 1 aliphatic rings. The second kappa shape index (κ2) is 7.17. The lowest BCUT2D eigenvalue weighted by Crippen LogP contribution is -2.43. The van der Waals surface area contributed by atoms with E-state index in [4.69, 9.17) is 23.2 Å². The fourth-order valence-corrected chi connectivity index (χ4v) is 4.31. The van der Waals surface area contributed by atoms with Crippen LogP contribution in [0.1, 0.15) is 25.7 Å². The van der Waals surface area contributed by atoms with Gasteiger partial charge in [-0.25, -0.2) is 8.42 Å². The number of carbonyl (C=O) groups is 1. The maximum absolute atomic E-state index is 12.1. The minimum atomic E-state index is -3.43. The summed E-state index contributed by atoms with van der Waals surface area (Å²) in [6, 6.07) is 4.58. The normalized spacial score (nSPS) is 16.2. The zero-order valence-electron chi connectivity index (χ0n) is 12.2. The number of nitrogens with one attached hydrogen (secondary N) is 1. The lowest BCUT2D eigenvalue weighted by atomic mass is 10.2. The topological polar surface area (TPSA) is 66.5 Å². The molecule has 1 aromatic rings. The molecule has 0 heterocycles. The van der Waals surface area contributed by atoms with Crippen molar-refractivity contribution in [1.82, 2.24) is 4.31 Å². The van der Waals surface area contributed by atoms with Crippen LogP contribution in [0.15, 0.2) is 18.2 Å². The van der Waals surface area contributed by atoms with Crippen LogP contribution in [0.4, 0.5) is 5.69 Å². The molecule has 2 rings (SSSR count). The molecule has 1 amide bonds. The Balaban J connectivity index is 2.07. The van der Waals surface area contributed by atoms with Crippen LogP contribution < -0.4 is 5.32 Å². The SMILES string of the molecule is CS(=O)(=O)N(CC(=O)Nc1cc(Cl)cc(Cl)c1)C1CCCC1. The van der Waals surface area contributed by atoms with E-state index in [1.54, 1.807) is 18.2 Å². The zero-order valence-corrected chi connectivity index (χ0v) is 14.5. The highest BCUT2D eigenvalue weighted by atomic mass is 35.5. The van der Waals surface area contributed by atoms with Gasteiger partial charge in [-0.1, -0.05) is 36.0 Å². The fraction of sp³-hybridized carbons (Fsp3) is 0.500. The van der Waals surface area contributed by atoms with E-state index in [0.717, 1.165) is 31.9 Å². The minimum absolute atomic E-state index is 0.0938. The summed E-state index contributed by atoms with van der Waals surface area (Å²) in [4.78, 5) is 12.1. The highest BCUT2D eigenvalue weighted by molar-refractivity contribution is 7.88. The summed E-state index contributed by atoms with van der Waals surface area (Å²) < 4.78 is 25.1. The third-order valence-corrected chi connectivity index (χ3v) is 5.32. The van der Waals surface area contributed by atoms with E-state index in [1.807, 2.05) is 0 Å². The van der Waals surface area contributed by atoms with E-state index in [9.17, 15) is 13.2 Å². The number of sulfonamides is 1. The van der Waals surface area contributed by atoms with E-state index >= 15 is 0 Å². The van der Waals surface area contributed by atoms with Gasteiger partial charge in [0.15, 0.2) is 0 Å². The average Bonchev–Trinajstić information content (AvgIpc) is 2.86. The van der Waals surface area contributed by atoms with E-state index in [1.165, 1.54) is 4.31 Å². The molecule has 0 aliphatic heterocycles. The summed E-state index contributed by atoms with van der Waals surface area (Å²) in [5.41, 5.74) is 0.447. The van der Waals surface area contributed by atoms with Crippen molar-refractivity contribution in [2.45, 2.75) is 31.7 Å². The zero-order chi connectivity index (χ0) is 16.3. The molecule has 0 atom stereocenters. The number of benzene rings is 1. The van der Waals surface area contributed by atoms with Crippen LogP contribution in [0.2, 0.25) is 10.0 Å². The third-order valence-electron chi connectivity index (χ3n) is 3.60. The summed E-state index contributed by atoms with van der Waals surface area (Å²) in [7, 11) is -3.43. The first-order chi connectivity index (χ1) is 10.3. The second-order valence-corrected chi connectivity index (χ2v) is 8.26. The van der Waals surface area contributed by atoms with Gasteiger partial charge in [0.05, 0.1) is 12.8 Å². The molecule has 0 saturated heterocycles. The van der Waals surface area contributed by atoms with Gasteiger partial charge in [-0.3, -0.25) is 4.79 Å². The molecule has 0 aromatic heterocycles. The number of carbonyl (C=O) groups excluding carboxylic acids is 1. The molecule has 0 radical (unpaired) electrons. The van der Waals surface area contributed by atoms with Gasteiger partial charge in [0.1, 0.15) is 0 Å². The maximum Gasteiger partial charge on any atom is 0.239 e. The van der Waals surface area contributed by atoms with Crippen LogP contribution >= 0.6 is 23.2 Å². The van der Waals surface area contributed by atoms with Gasteiger partial charge in [0.25, 0.3) is 0 Å². The van der Waals surface area contributed by atoms with Crippen molar-refractivity contribution >= 4 is 44.8 Å².